The van der Waals surface area contributed by atoms with E-state index in [-0.39, 0.29) is 6.04 Å². The van der Waals surface area contributed by atoms with Gasteiger partial charge in [0, 0.05) is 12.5 Å². The van der Waals surface area contributed by atoms with Crippen LogP contribution in [-0.4, -0.2) is 11.0 Å². The Morgan fingerprint density at radius 3 is 2.62 bits per heavy atom. The summed E-state index contributed by atoms with van der Waals surface area (Å²) in [6, 6.07) is 8.65. The Morgan fingerprint density at radius 1 is 1.24 bits per heavy atom. The molecular formula is C18H26N2S. The average molecular weight is 302 g/mol. The molecular weight excluding hydrogens is 276 g/mol. The first-order valence-corrected chi connectivity index (χ1v) is 9.01. The van der Waals surface area contributed by atoms with Crippen molar-refractivity contribution in [2.45, 2.75) is 58.4 Å². The molecule has 1 fully saturated rings. The van der Waals surface area contributed by atoms with Crippen LogP contribution in [-0.2, 0) is 6.42 Å². The number of hydrogen-bond acceptors (Lipinski definition) is 3. The van der Waals surface area contributed by atoms with Crippen molar-refractivity contribution in [3.8, 4) is 0 Å². The fourth-order valence-corrected chi connectivity index (χ4v) is 5.06. The molecule has 0 amide bonds. The van der Waals surface area contributed by atoms with Crippen molar-refractivity contribution >= 4 is 21.6 Å². The molecule has 1 aromatic heterocycles. The van der Waals surface area contributed by atoms with Crippen LogP contribution < -0.4 is 5.73 Å². The second kappa shape index (κ2) is 6.05. The van der Waals surface area contributed by atoms with Gasteiger partial charge in [0.25, 0.3) is 0 Å². The summed E-state index contributed by atoms with van der Waals surface area (Å²) in [6.07, 6.45) is 7.50. The van der Waals surface area contributed by atoms with Crippen molar-refractivity contribution < 1.29 is 0 Å². The van der Waals surface area contributed by atoms with Gasteiger partial charge in [-0.1, -0.05) is 38.8 Å². The molecule has 3 heteroatoms. The summed E-state index contributed by atoms with van der Waals surface area (Å²) in [5.74, 6) is 0.726. The SMILES string of the molecule is CC(C)CC1(C(N)Cc2nc3ccccc3s2)CCCC1. The quantitative estimate of drug-likeness (QED) is 0.864. The van der Waals surface area contributed by atoms with Crippen molar-refractivity contribution in [3.63, 3.8) is 0 Å². The number of para-hydroxylation sites is 1. The van der Waals surface area contributed by atoms with E-state index in [4.69, 9.17) is 10.7 Å². The van der Waals surface area contributed by atoms with E-state index in [9.17, 15) is 0 Å². The molecule has 0 radical (unpaired) electrons. The number of rotatable bonds is 5. The molecule has 0 saturated heterocycles. The second-order valence-corrected chi connectivity index (χ2v) is 8.17. The van der Waals surface area contributed by atoms with Gasteiger partial charge in [0.05, 0.1) is 15.2 Å². The molecule has 3 rings (SSSR count). The molecule has 21 heavy (non-hydrogen) atoms. The predicted octanol–water partition coefficient (Wildman–Crippen LogP) is 4.77. The second-order valence-electron chi connectivity index (χ2n) is 7.05. The molecule has 1 heterocycles. The normalized spacial score (nSPS) is 19.4. The fraction of sp³-hybridized carbons (Fsp3) is 0.611. The Morgan fingerprint density at radius 2 is 1.95 bits per heavy atom. The molecule has 1 atom stereocenters. The van der Waals surface area contributed by atoms with E-state index in [1.807, 2.05) is 11.3 Å². The molecule has 0 aliphatic heterocycles. The summed E-state index contributed by atoms with van der Waals surface area (Å²) in [7, 11) is 0. The van der Waals surface area contributed by atoms with Crippen molar-refractivity contribution in [3.05, 3.63) is 29.3 Å². The third-order valence-corrected chi connectivity index (χ3v) is 5.99. The van der Waals surface area contributed by atoms with Gasteiger partial charge >= 0.3 is 0 Å². The highest BCUT2D eigenvalue weighted by atomic mass is 32.1. The van der Waals surface area contributed by atoms with Gasteiger partial charge < -0.3 is 5.73 Å². The van der Waals surface area contributed by atoms with Gasteiger partial charge in [-0.2, -0.15) is 0 Å². The Labute approximate surface area is 131 Å². The van der Waals surface area contributed by atoms with Crippen LogP contribution in [0.2, 0.25) is 0 Å². The number of aromatic nitrogens is 1. The number of fused-ring (bicyclic) bond motifs is 1. The molecule has 2 aromatic rings. The molecule has 1 aromatic carbocycles. The van der Waals surface area contributed by atoms with Crippen LogP contribution in [0, 0.1) is 11.3 Å². The maximum absolute atomic E-state index is 6.68. The van der Waals surface area contributed by atoms with Gasteiger partial charge in [0.1, 0.15) is 0 Å². The zero-order chi connectivity index (χ0) is 14.9. The van der Waals surface area contributed by atoms with Crippen molar-refractivity contribution in [1.82, 2.24) is 4.98 Å². The minimum atomic E-state index is 0.253. The van der Waals surface area contributed by atoms with Crippen LogP contribution in [0.15, 0.2) is 24.3 Å². The maximum atomic E-state index is 6.68. The Bertz CT molecular complexity index is 563. The van der Waals surface area contributed by atoms with Crippen molar-refractivity contribution in [2.24, 2.45) is 17.1 Å². The van der Waals surface area contributed by atoms with Crippen LogP contribution in [0.4, 0.5) is 0 Å². The summed E-state index contributed by atoms with van der Waals surface area (Å²) in [4.78, 5) is 4.77. The van der Waals surface area contributed by atoms with E-state index in [0.717, 1.165) is 17.9 Å². The highest BCUT2D eigenvalue weighted by molar-refractivity contribution is 7.18. The van der Waals surface area contributed by atoms with E-state index in [1.165, 1.54) is 41.8 Å². The molecule has 1 unspecified atom stereocenters. The average Bonchev–Trinajstić information content (AvgIpc) is 3.04. The van der Waals surface area contributed by atoms with Crippen molar-refractivity contribution in [1.29, 1.82) is 0 Å². The van der Waals surface area contributed by atoms with E-state index in [1.54, 1.807) is 0 Å². The zero-order valence-corrected chi connectivity index (χ0v) is 14.0. The van der Waals surface area contributed by atoms with Crippen molar-refractivity contribution in [2.75, 3.05) is 0 Å². The van der Waals surface area contributed by atoms with Crippen LogP contribution in [0.25, 0.3) is 10.2 Å². The van der Waals surface area contributed by atoms with E-state index in [0.29, 0.717) is 5.41 Å². The molecule has 1 saturated carbocycles. The lowest BCUT2D eigenvalue weighted by atomic mass is 9.72. The number of nitrogens with two attached hydrogens (primary N) is 1. The van der Waals surface area contributed by atoms with Crippen LogP contribution in [0.5, 0.6) is 0 Å². The summed E-state index contributed by atoms with van der Waals surface area (Å²) in [5, 5.41) is 1.21. The summed E-state index contributed by atoms with van der Waals surface area (Å²) in [5.41, 5.74) is 8.16. The van der Waals surface area contributed by atoms with Gasteiger partial charge in [-0.25, -0.2) is 4.98 Å². The summed E-state index contributed by atoms with van der Waals surface area (Å²) >= 11 is 1.81. The highest BCUT2D eigenvalue weighted by Gasteiger charge is 2.40. The molecule has 1 aliphatic rings. The van der Waals surface area contributed by atoms with Gasteiger partial charge in [-0.05, 0) is 42.7 Å². The number of benzene rings is 1. The van der Waals surface area contributed by atoms with E-state index in [2.05, 4.69) is 38.1 Å². The molecule has 0 spiro atoms. The van der Waals surface area contributed by atoms with Crippen LogP contribution >= 0.6 is 11.3 Å². The monoisotopic (exact) mass is 302 g/mol. The first kappa shape index (κ1) is 15.0. The first-order chi connectivity index (χ1) is 10.1. The fourth-order valence-electron chi connectivity index (χ4n) is 4.03. The third-order valence-electron chi connectivity index (χ3n) is 4.93. The third kappa shape index (κ3) is 3.14. The van der Waals surface area contributed by atoms with Crippen LogP contribution in [0.3, 0.4) is 0 Å². The van der Waals surface area contributed by atoms with E-state index >= 15 is 0 Å². The Kier molecular flexibility index (Phi) is 4.32. The standard InChI is InChI=1S/C18H26N2S/c1-13(2)12-18(9-5-6-10-18)16(19)11-17-20-14-7-3-4-8-15(14)21-17/h3-4,7-8,13,16H,5-6,9-12,19H2,1-2H3. The summed E-state index contributed by atoms with van der Waals surface area (Å²) < 4.78 is 1.28. The predicted molar refractivity (Wildman–Crippen MR) is 91.7 cm³/mol. The Balaban J connectivity index is 1.78. The van der Waals surface area contributed by atoms with Gasteiger partial charge in [0.15, 0.2) is 0 Å². The lowest BCUT2D eigenvalue weighted by Gasteiger charge is -2.36. The molecule has 0 bridgehead atoms. The maximum Gasteiger partial charge on any atom is 0.0954 e. The summed E-state index contributed by atoms with van der Waals surface area (Å²) in [6.45, 7) is 4.65. The first-order valence-electron chi connectivity index (χ1n) is 8.19. The minimum Gasteiger partial charge on any atom is -0.327 e. The highest BCUT2D eigenvalue weighted by Crippen LogP contribution is 2.46. The number of hydrogen-bond donors (Lipinski definition) is 1. The van der Waals surface area contributed by atoms with Gasteiger partial charge in [0.2, 0.25) is 0 Å². The van der Waals surface area contributed by atoms with Crippen LogP contribution in [0.1, 0.15) is 51.0 Å². The molecule has 1 aliphatic carbocycles. The largest absolute Gasteiger partial charge is 0.327 e. The molecule has 114 valence electrons. The van der Waals surface area contributed by atoms with Gasteiger partial charge in [-0.15, -0.1) is 11.3 Å². The minimum absolute atomic E-state index is 0.253. The van der Waals surface area contributed by atoms with E-state index < -0.39 is 0 Å². The molecule has 2 N–H and O–H groups in total. The zero-order valence-electron chi connectivity index (χ0n) is 13.1. The number of thiazole rings is 1. The number of nitrogens with zero attached hydrogens (tertiary/aromatic N) is 1. The topological polar surface area (TPSA) is 38.9 Å². The lowest BCUT2D eigenvalue weighted by molar-refractivity contribution is 0.181. The van der Waals surface area contributed by atoms with Gasteiger partial charge in [-0.3, -0.25) is 0 Å². The smallest absolute Gasteiger partial charge is 0.0954 e. The lowest BCUT2D eigenvalue weighted by Crippen LogP contribution is -2.42. The Hall–Kier alpha value is -0.930. The molecule has 2 nitrogen and oxygen atoms in total.